The topological polar surface area (TPSA) is 83.9 Å². The molecule has 1 aliphatic heterocycles. The van der Waals surface area contributed by atoms with Crippen LogP contribution in [0.1, 0.15) is 24.6 Å². The first kappa shape index (κ1) is 17.6. The lowest BCUT2D eigenvalue weighted by atomic mass is 9.96. The zero-order valence-corrected chi connectivity index (χ0v) is 15.9. The zero-order chi connectivity index (χ0) is 19.8. The molecule has 2 aromatic heterocycles. The van der Waals surface area contributed by atoms with Gasteiger partial charge in [-0.15, -0.1) is 0 Å². The minimum Gasteiger partial charge on any atom is -0.342 e. The van der Waals surface area contributed by atoms with Crippen LogP contribution in [-0.2, 0) is 11.3 Å². The number of aromatic amines is 1. The minimum absolute atomic E-state index is 0.0198. The number of H-pyrrole nitrogens is 1. The number of hydrogen-bond donors (Lipinski definition) is 1. The number of benzene rings is 2. The van der Waals surface area contributed by atoms with E-state index in [9.17, 15) is 9.59 Å². The maximum atomic E-state index is 12.8. The Balaban J connectivity index is 1.27. The monoisotopic (exact) mass is 387 g/mol. The third-order valence-corrected chi connectivity index (χ3v) is 5.68. The molecular weight excluding hydrogens is 366 g/mol. The van der Waals surface area contributed by atoms with Crippen molar-refractivity contribution in [2.45, 2.75) is 25.3 Å². The first-order valence-corrected chi connectivity index (χ1v) is 9.85. The lowest BCUT2D eigenvalue weighted by molar-refractivity contribution is -0.133. The Kier molecular flexibility index (Phi) is 4.35. The lowest BCUT2D eigenvalue weighted by Crippen LogP contribution is -2.41. The summed E-state index contributed by atoms with van der Waals surface area (Å²) < 4.78 is 1.40. The number of rotatable bonds is 3. The third-order valence-electron chi connectivity index (χ3n) is 5.68. The predicted octanol–water partition coefficient (Wildman–Crippen LogP) is 2.68. The van der Waals surface area contributed by atoms with E-state index >= 15 is 0 Å². The molecule has 3 heterocycles. The quantitative estimate of drug-likeness (QED) is 0.586. The van der Waals surface area contributed by atoms with E-state index in [0.717, 1.165) is 29.7 Å². The summed E-state index contributed by atoms with van der Waals surface area (Å²) in [6, 6.07) is 15.2. The number of carbonyl (C=O) groups excluding carboxylic acids is 1. The highest BCUT2D eigenvalue weighted by Gasteiger charge is 2.26. The second-order valence-corrected chi connectivity index (χ2v) is 7.49. The van der Waals surface area contributed by atoms with Crippen molar-refractivity contribution in [3.05, 3.63) is 71.0 Å². The third kappa shape index (κ3) is 3.29. The number of piperidine rings is 1. The van der Waals surface area contributed by atoms with Gasteiger partial charge in [0.25, 0.3) is 5.56 Å². The van der Waals surface area contributed by atoms with E-state index in [2.05, 4.69) is 9.97 Å². The standard InChI is InChI=1S/C22H21N5O2/c28-20(13-27-14-23-17-6-2-1-5-16(17)22(27)29)26-11-9-15(10-12-26)21-24-18-7-3-4-8-19(18)25-21/h1-8,14-15H,9-13H2,(H,24,25). The number of carbonyl (C=O) groups is 1. The van der Waals surface area contributed by atoms with Crippen LogP contribution < -0.4 is 5.56 Å². The van der Waals surface area contributed by atoms with Gasteiger partial charge in [-0.2, -0.15) is 0 Å². The Morgan fingerprint density at radius 3 is 2.55 bits per heavy atom. The molecule has 7 heteroatoms. The molecule has 0 radical (unpaired) electrons. The fourth-order valence-electron chi connectivity index (χ4n) is 4.03. The van der Waals surface area contributed by atoms with Gasteiger partial charge in [0.2, 0.25) is 5.91 Å². The molecule has 29 heavy (non-hydrogen) atoms. The summed E-state index contributed by atoms with van der Waals surface area (Å²) in [6.07, 6.45) is 3.18. The first-order valence-electron chi connectivity index (χ1n) is 9.85. The molecule has 0 aliphatic carbocycles. The fraction of sp³-hybridized carbons (Fsp3) is 0.273. The van der Waals surface area contributed by atoms with Crippen LogP contribution in [0.15, 0.2) is 59.7 Å². The number of nitrogens with one attached hydrogen (secondary N) is 1. The molecular formula is C22H21N5O2. The van der Waals surface area contributed by atoms with Crippen LogP contribution >= 0.6 is 0 Å². The van der Waals surface area contributed by atoms with Crippen molar-refractivity contribution in [1.29, 1.82) is 0 Å². The number of nitrogens with zero attached hydrogens (tertiary/aromatic N) is 4. The van der Waals surface area contributed by atoms with Crippen LogP contribution in [0.25, 0.3) is 21.9 Å². The van der Waals surface area contributed by atoms with E-state index < -0.39 is 0 Å². The maximum Gasteiger partial charge on any atom is 0.261 e. The van der Waals surface area contributed by atoms with E-state index in [1.54, 1.807) is 18.2 Å². The number of amides is 1. The molecule has 1 saturated heterocycles. The molecule has 1 fully saturated rings. The van der Waals surface area contributed by atoms with Gasteiger partial charge in [0.05, 0.1) is 28.3 Å². The van der Waals surface area contributed by atoms with Crippen LogP contribution in [0, 0.1) is 0 Å². The average molecular weight is 387 g/mol. The van der Waals surface area contributed by atoms with Gasteiger partial charge in [0, 0.05) is 19.0 Å². The van der Waals surface area contributed by atoms with Crippen molar-refractivity contribution in [1.82, 2.24) is 24.4 Å². The van der Waals surface area contributed by atoms with E-state index in [-0.39, 0.29) is 18.0 Å². The highest BCUT2D eigenvalue weighted by Crippen LogP contribution is 2.27. The number of aromatic nitrogens is 4. The minimum atomic E-state index is -0.180. The molecule has 4 aromatic rings. The predicted molar refractivity (Wildman–Crippen MR) is 111 cm³/mol. The molecule has 0 bridgehead atoms. The zero-order valence-electron chi connectivity index (χ0n) is 15.9. The summed E-state index contributed by atoms with van der Waals surface area (Å²) in [5.41, 5.74) is 2.49. The van der Waals surface area contributed by atoms with E-state index in [0.29, 0.717) is 29.9 Å². The van der Waals surface area contributed by atoms with Crippen molar-refractivity contribution in [2.75, 3.05) is 13.1 Å². The highest BCUT2D eigenvalue weighted by molar-refractivity contribution is 5.79. The number of likely N-dealkylation sites (tertiary alicyclic amines) is 1. The number of imidazole rings is 1. The molecule has 0 unspecified atom stereocenters. The summed E-state index contributed by atoms with van der Waals surface area (Å²) >= 11 is 0. The highest BCUT2D eigenvalue weighted by atomic mass is 16.2. The molecule has 1 N–H and O–H groups in total. The van der Waals surface area contributed by atoms with Crippen LogP contribution in [-0.4, -0.2) is 43.4 Å². The lowest BCUT2D eigenvalue weighted by Gasteiger charge is -2.31. The van der Waals surface area contributed by atoms with Crippen molar-refractivity contribution in [2.24, 2.45) is 0 Å². The Morgan fingerprint density at radius 1 is 1.03 bits per heavy atom. The van der Waals surface area contributed by atoms with E-state index in [1.165, 1.54) is 10.9 Å². The molecule has 1 aliphatic rings. The molecule has 5 rings (SSSR count). The van der Waals surface area contributed by atoms with Gasteiger partial charge in [-0.05, 0) is 37.1 Å². The summed E-state index contributed by atoms with van der Waals surface area (Å²) in [7, 11) is 0. The van der Waals surface area contributed by atoms with Crippen LogP contribution in [0.2, 0.25) is 0 Å². The smallest absolute Gasteiger partial charge is 0.261 e. The SMILES string of the molecule is O=C(Cn1cnc2ccccc2c1=O)N1CCC(c2nc3ccccc3[nH]2)CC1. The Bertz CT molecular complexity index is 1220. The summed E-state index contributed by atoms with van der Waals surface area (Å²) in [4.78, 5) is 39.6. The molecule has 7 nitrogen and oxygen atoms in total. The second-order valence-electron chi connectivity index (χ2n) is 7.49. The van der Waals surface area contributed by atoms with Crippen LogP contribution in [0.5, 0.6) is 0 Å². The van der Waals surface area contributed by atoms with Gasteiger partial charge < -0.3 is 9.88 Å². The molecule has 1 amide bonds. The number of fused-ring (bicyclic) bond motifs is 2. The molecule has 0 atom stereocenters. The number of hydrogen-bond acceptors (Lipinski definition) is 4. The molecule has 0 spiro atoms. The normalized spacial score (nSPS) is 15.2. The van der Waals surface area contributed by atoms with Crippen molar-refractivity contribution < 1.29 is 4.79 Å². The summed E-state index contributed by atoms with van der Waals surface area (Å²) in [5.74, 6) is 1.26. The molecule has 146 valence electrons. The van der Waals surface area contributed by atoms with Crippen LogP contribution in [0.3, 0.4) is 0 Å². The Morgan fingerprint density at radius 2 is 1.76 bits per heavy atom. The molecule has 0 saturated carbocycles. The Labute approximate surface area is 167 Å². The van der Waals surface area contributed by atoms with Crippen LogP contribution in [0.4, 0.5) is 0 Å². The summed E-state index contributed by atoms with van der Waals surface area (Å²) in [5, 5.41) is 0.534. The van der Waals surface area contributed by atoms with Gasteiger partial charge in [-0.25, -0.2) is 9.97 Å². The van der Waals surface area contributed by atoms with Gasteiger partial charge in [0.15, 0.2) is 0 Å². The van der Waals surface area contributed by atoms with E-state index in [1.807, 2.05) is 35.2 Å². The summed E-state index contributed by atoms with van der Waals surface area (Å²) in [6.45, 7) is 1.35. The average Bonchev–Trinajstić information content (AvgIpc) is 3.20. The van der Waals surface area contributed by atoms with Crippen molar-refractivity contribution >= 4 is 27.8 Å². The number of para-hydroxylation sites is 3. The first-order chi connectivity index (χ1) is 14.2. The van der Waals surface area contributed by atoms with Crippen molar-refractivity contribution in [3.63, 3.8) is 0 Å². The fourth-order valence-corrected chi connectivity index (χ4v) is 4.03. The molecule has 2 aromatic carbocycles. The Hall–Kier alpha value is -3.48. The van der Waals surface area contributed by atoms with Gasteiger partial charge in [0.1, 0.15) is 12.4 Å². The van der Waals surface area contributed by atoms with Gasteiger partial charge >= 0.3 is 0 Å². The second kappa shape index (κ2) is 7.16. The maximum absolute atomic E-state index is 12.8. The van der Waals surface area contributed by atoms with Gasteiger partial charge in [-0.1, -0.05) is 24.3 Å². The van der Waals surface area contributed by atoms with E-state index in [4.69, 9.17) is 4.98 Å². The van der Waals surface area contributed by atoms with Gasteiger partial charge in [-0.3, -0.25) is 14.2 Å². The largest absolute Gasteiger partial charge is 0.342 e. The van der Waals surface area contributed by atoms with Crippen molar-refractivity contribution in [3.8, 4) is 0 Å².